The van der Waals surface area contributed by atoms with E-state index in [0.717, 1.165) is 37.7 Å². The smallest absolute Gasteiger partial charge is 0.141 e. The van der Waals surface area contributed by atoms with Gasteiger partial charge >= 0.3 is 0 Å². The third-order valence-electron chi connectivity index (χ3n) is 3.60. The SMILES string of the molecule is Cc1ncc(CO)c(CNCCCOCC2CC2)c1O. The summed E-state index contributed by atoms with van der Waals surface area (Å²) in [6, 6.07) is 0. The molecule has 5 heteroatoms. The molecule has 1 aliphatic rings. The van der Waals surface area contributed by atoms with Crippen LogP contribution in [-0.4, -0.2) is 35.0 Å². The summed E-state index contributed by atoms with van der Waals surface area (Å²) in [4.78, 5) is 4.04. The number of nitrogens with one attached hydrogen (secondary N) is 1. The van der Waals surface area contributed by atoms with Crippen LogP contribution in [0.4, 0.5) is 0 Å². The minimum atomic E-state index is -0.109. The van der Waals surface area contributed by atoms with Crippen molar-refractivity contribution in [1.29, 1.82) is 0 Å². The molecule has 112 valence electrons. The number of ether oxygens (including phenoxy) is 1. The van der Waals surface area contributed by atoms with Crippen LogP contribution in [0.2, 0.25) is 0 Å². The summed E-state index contributed by atoms with van der Waals surface area (Å²) in [5, 5.41) is 22.5. The van der Waals surface area contributed by atoms with Crippen LogP contribution in [-0.2, 0) is 17.9 Å². The topological polar surface area (TPSA) is 74.6 Å². The number of aryl methyl sites for hydroxylation is 1. The van der Waals surface area contributed by atoms with Gasteiger partial charge in [-0.1, -0.05) is 0 Å². The molecule has 1 heterocycles. The first-order chi connectivity index (χ1) is 9.72. The van der Waals surface area contributed by atoms with Crippen molar-refractivity contribution in [3.63, 3.8) is 0 Å². The van der Waals surface area contributed by atoms with E-state index < -0.39 is 0 Å². The molecule has 0 aromatic carbocycles. The van der Waals surface area contributed by atoms with Gasteiger partial charge in [0.15, 0.2) is 0 Å². The van der Waals surface area contributed by atoms with E-state index in [2.05, 4.69) is 10.3 Å². The van der Waals surface area contributed by atoms with Gasteiger partial charge in [0.05, 0.1) is 12.3 Å². The van der Waals surface area contributed by atoms with Crippen LogP contribution in [0.3, 0.4) is 0 Å². The van der Waals surface area contributed by atoms with Gasteiger partial charge in [0.1, 0.15) is 5.75 Å². The molecule has 0 bridgehead atoms. The number of hydrogen-bond acceptors (Lipinski definition) is 5. The highest BCUT2D eigenvalue weighted by atomic mass is 16.5. The van der Waals surface area contributed by atoms with Gasteiger partial charge in [0.25, 0.3) is 0 Å². The van der Waals surface area contributed by atoms with Gasteiger partial charge in [-0.2, -0.15) is 0 Å². The molecular weight excluding hydrogens is 256 g/mol. The van der Waals surface area contributed by atoms with E-state index in [1.807, 2.05) is 0 Å². The quantitative estimate of drug-likeness (QED) is 0.598. The van der Waals surface area contributed by atoms with Crippen molar-refractivity contribution in [2.75, 3.05) is 19.8 Å². The summed E-state index contributed by atoms with van der Waals surface area (Å²) in [5.74, 6) is 0.987. The normalized spacial score (nSPS) is 14.7. The van der Waals surface area contributed by atoms with Crippen LogP contribution >= 0.6 is 0 Å². The molecule has 20 heavy (non-hydrogen) atoms. The molecule has 3 N–H and O–H groups in total. The highest BCUT2D eigenvalue weighted by Crippen LogP contribution is 2.28. The molecule has 0 saturated heterocycles. The lowest BCUT2D eigenvalue weighted by molar-refractivity contribution is 0.122. The second kappa shape index (κ2) is 7.57. The maximum absolute atomic E-state index is 9.98. The van der Waals surface area contributed by atoms with Crippen LogP contribution in [0.5, 0.6) is 5.75 Å². The summed E-state index contributed by atoms with van der Waals surface area (Å²) in [7, 11) is 0. The number of aromatic hydroxyl groups is 1. The molecule has 1 aliphatic carbocycles. The number of aromatic nitrogens is 1. The molecule has 0 unspecified atom stereocenters. The van der Waals surface area contributed by atoms with Crippen molar-refractivity contribution in [3.05, 3.63) is 23.0 Å². The minimum absolute atomic E-state index is 0.109. The van der Waals surface area contributed by atoms with Crippen molar-refractivity contribution in [2.24, 2.45) is 5.92 Å². The maximum atomic E-state index is 9.98. The van der Waals surface area contributed by atoms with Crippen LogP contribution in [0.1, 0.15) is 36.1 Å². The second-order valence-corrected chi connectivity index (χ2v) is 5.40. The molecule has 0 spiro atoms. The molecule has 1 fully saturated rings. The molecule has 0 aliphatic heterocycles. The van der Waals surface area contributed by atoms with Crippen LogP contribution in [0.25, 0.3) is 0 Å². The monoisotopic (exact) mass is 280 g/mol. The van der Waals surface area contributed by atoms with Gasteiger partial charge in [-0.05, 0) is 38.6 Å². The third kappa shape index (κ3) is 4.44. The molecular formula is C15H24N2O3. The van der Waals surface area contributed by atoms with Crippen molar-refractivity contribution in [3.8, 4) is 5.75 Å². The molecule has 0 radical (unpaired) electrons. The Balaban J connectivity index is 1.68. The van der Waals surface area contributed by atoms with Gasteiger partial charge in [-0.3, -0.25) is 4.98 Å². The minimum Gasteiger partial charge on any atom is -0.506 e. The first kappa shape index (κ1) is 15.2. The Labute approximate surface area is 120 Å². The Bertz CT molecular complexity index is 433. The predicted octanol–water partition coefficient (Wildman–Crippen LogP) is 1.49. The van der Waals surface area contributed by atoms with E-state index in [1.165, 1.54) is 12.8 Å². The molecule has 1 aromatic rings. The lowest BCUT2D eigenvalue weighted by atomic mass is 10.1. The van der Waals surface area contributed by atoms with Gasteiger partial charge in [0.2, 0.25) is 0 Å². The fourth-order valence-corrected chi connectivity index (χ4v) is 2.06. The second-order valence-electron chi connectivity index (χ2n) is 5.40. The van der Waals surface area contributed by atoms with Crippen molar-refractivity contribution in [2.45, 2.75) is 39.3 Å². The summed E-state index contributed by atoms with van der Waals surface area (Å²) in [5.41, 5.74) is 2.00. The van der Waals surface area contributed by atoms with Crippen molar-refractivity contribution in [1.82, 2.24) is 10.3 Å². The Kier molecular flexibility index (Phi) is 5.76. The van der Waals surface area contributed by atoms with E-state index in [4.69, 9.17) is 4.74 Å². The molecule has 2 rings (SSSR count). The lowest BCUT2D eigenvalue weighted by Gasteiger charge is -2.12. The zero-order chi connectivity index (χ0) is 14.4. The van der Waals surface area contributed by atoms with Crippen LogP contribution in [0, 0.1) is 12.8 Å². The van der Waals surface area contributed by atoms with E-state index in [9.17, 15) is 10.2 Å². The lowest BCUT2D eigenvalue weighted by Crippen LogP contribution is -2.18. The van der Waals surface area contributed by atoms with Gasteiger partial charge in [-0.15, -0.1) is 0 Å². The Hall–Kier alpha value is -1.17. The van der Waals surface area contributed by atoms with Crippen molar-refractivity contribution < 1.29 is 14.9 Å². The number of hydrogen-bond donors (Lipinski definition) is 3. The van der Waals surface area contributed by atoms with E-state index >= 15 is 0 Å². The fourth-order valence-electron chi connectivity index (χ4n) is 2.06. The molecule has 0 amide bonds. The molecule has 5 nitrogen and oxygen atoms in total. The van der Waals surface area contributed by atoms with E-state index in [0.29, 0.717) is 17.8 Å². The highest BCUT2D eigenvalue weighted by Gasteiger charge is 2.20. The van der Waals surface area contributed by atoms with Gasteiger partial charge in [0, 0.05) is 37.1 Å². The summed E-state index contributed by atoms with van der Waals surface area (Å²) < 4.78 is 5.56. The number of nitrogens with zero attached hydrogens (tertiary/aromatic N) is 1. The summed E-state index contributed by atoms with van der Waals surface area (Å²) in [6.45, 7) is 4.69. The molecule has 1 saturated carbocycles. The first-order valence-electron chi connectivity index (χ1n) is 7.28. The number of rotatable bonds is 9. The fraction of sp³-hybridized carbons (Fsp3) is 0.667. The van der Waals surface area contributed by atoms with Crippen LogP contribution in [0.15, 0.2) is 6.20 Å². The molecule has 1 aromatic heterocycles. The Morgan fingerprint density at radius 3 is 2.95 bits per heavy atom. The van der Waals surface area contributed by atoms with Gasteiger partial charge in [-0.25, -0.2) is 0 Å². The standard InChI is InChI=1S/C15H24N2O3/c1-11-15(19)14(13(9-18)7-17-11)8-16-5-2-6-20-10-12-3-4-12/h7,12,16,18-19H,2-6,8-10H2,1H3. The zero-order valence-corrected chi connectivity index (χ0v) is 12.1. The predicted molar refractivity (Wildman–Crippen MR) is 76.4 cm³/mol. The van der Waals surface area contributed by atoms with Crippen molar-refractivity contribution >= 4 is 0 Å². The summed E-state index contributed by atoms with van der Waals surface area (Å²) >= 11 is 0. The van der Waals surface area contributed by atoms with E-state index in [-0.39, 0.29) is 12.4 Å². The highest BCUT2D eigenvalue weighted by molar-refractivity contribution is 5.40. The summed E-state index contributed by atoms with van der Waals surface area (Å²) in [6.07, 6.45) is 5.21. The number of aliphatic hydroxyl groups is 1. The van der Waals surface area contributed by atoms with Crippen LogP contribution < -0.4 is 5.32 Å². The average molecular weight is 280 g/mol. The average Bonchev–Trinajstić information content (AvgIpc) is 3.26. The zero-order valence-electron chi connectivity index (χ0n) is 12.1. The first-order valence-corrected chi connectivity index (χ1v) is 7.28. The van der Waals surface area contributed by atoms with E-state index in [1.54, 1.807) is 13.1 Å². The maximum Gasteiger partial charge on any atom is 0.141 e. The largest absolute Gasteiger partial charge is 0.506 e. The third-order valence-corrected chi connectivity index (χ3v) is 3.60. The molecule has 0 atom stereocenters. The number of aliphatic hydroxyl groups excluding tert-OH is 1. The Morgan fingerprint density at radius 1 is 1.45 bits per heavy atom. The Morgan fingerprint density at radius 2 is 2.25 bits per heavy atom. The number of pyridine rings is 1. The van der Waals surface area contributed by atoms with Gasteiger partial charge < -0.3 is 20.3 Å².